The van der Waals surface area contributed by atoms with Crippen molar-refractivity contribution in [2.24, 2.45) is 0 Å². The minimum absolute atomic E-state index is 0.0128. The molecule has 0 saturated heterocycles. The van der Waals surface area contributed by atoms with E-state index in [2.05, 4.69) is 6.92 Å². The van der Waals surface area contributed by atoms with Gasteiger partial charge < -0.3 is 5.11 Å². The van der Waals surface area contributed by atoms with Crippen molar-refractivity contribution in [2.45, 2.75) is 74.9 Å². The van der Waals surface area contributed by atoms with Gasteiger partial charge in [0.05, 0.1) is 4.90 Å². The predicted octanol–water partition coefficient (Wildman–Crippen LogP) is 5.10. The number of carbonyl (C=O) groups is 1. The molecule has 24 heavy (non-hydrogen) atoms. The number of halogens is 1. The normalized spacial score (nSPS) is 12.9. The third-order valence-electron chi connectivity index (χ3n) is 4.11. The van der Waals surface area contributed by atoms with E-state index in [1.54, 1.807) is 0 Å². The zero-order valence-corrected chi connectivity index (χ0v) is 15.8. The number of carboxylic acids is 1. The molecule has 4 nitrogen and oxygen atoms in total. The fourth-order valence-electron chi connectivity index (χ4n) is 2.66. The predicted molar refractivity (Wildman–Crippen MR) is 97.3 cm³/mol. The molecule has 1 N–H and O–H groups in total. The molecule has 0 aliphatic carbocycles. The standard InChI is InChI=1S/C18H27ClO4S/c1-2-3-4-5-6-7-8-9-10-17(18(20)21)24(22,23)16-13-11-15(19)12-14-16/h11-14,17H,2-10H2,1H3,(H,20,21). The van der Waals surface area contributed by atoms with Gasteiger partial charge in [0.2, 0.25) is 0 Å². The van der Waals surface area contributed by atoms with Gasteiger partial charge in [-0.1, -0.05) is 69.9 Å². The summed E-state index contributed by atoms with van der Waals surface area (Å²) in [5.74, 6) is -1.28. The summed E-state index contributed by atoms with van der Waals surface area (Å²) in [7, 11) is -3.88. The van der Waals surface area contributed by atoms with Gasteiger partial charge in [-0.15, -0.1) is 0 Å². The SMILES string of the molecule is CCCCCCCCCCC(C(=O)O)S(=O)(=O)c1ccc(Cl)cc1. The smallest absolute Gasteiger partial charge is 0.322 e. The summed E-state index contributed by atoms with van der Waals surface area (Å²) >= 11 is 5.76. The molecule has 0 amide bonds. The first-order valence-corrected chi connectivity index (χ1v) is 10.5. The van der Waals surface area contributed by atoms with Crippen molar-refractivity contribution < 1.29 is 18.3 Å². The van der Waals surface area contributed by atoms with Crippen molar-refractivity contribution in [2.75, 3.05) is 0 Å². The van der Waals surface area contributed by atoms with Crippen molar-refractivity contribution in [3.05, 3.63) is 29.3 Å². The Morgan fingerprint density at radius 2 is 1.50 bits per heavy atom. The van der Waals surface area contributed by atoms with Crippen LogP contribution >= 0.6 is 11.6 Å². The molecule has 1 unspecified atom stereocenters. The summed E-state index contributed by atoms with van der Waals surface area (Å²) in [6, 6.07) is 5.65. The Morgan fingerprint density at radius 3 is 2.00 bits per heavy atom. The Morgan fingerprint density at radius 1 is 1.00 bits per heavy atom. The Hall–Kier alpha value is -1.07. The highest BCUT2D eigenvalue weighted by molar-refractivity contribution is 7.92. The fourth-order valence-corrected chi connectivity index (χ4v) is 4.38. The lowest BCUT2D eigenvalue weighted by molar-refractivity contribution is -0.136. The highest BCUT2D eigenvalue weighted by Gasteiger charge is 2.33. The van der Waals surface area contributed by atoms with E-state index >= 15 is 0 Å². The van der Waals surface area contributed by atoms with Crippen LogP contribution in [0, 0.1) is 0 Å². The second kappa shape index (κ2) is 10.7. The van der Waals surface area contributed by atoms with Crippen LogP contribution in [-0.4, -0.2) is 24.7 Å². The molecular weight excluding hydrogens is 348 g/mol. The van der Waals surface area contributed by atoms with Gasteiger partial charge in [0.1, 0.15) is 0 Å². The molecule has 0 bridgehead atoms. The van der Waals surface area contributed by atoms with Crippen molar-refractivity contribution in [1.29, 1.82) is 0 Å². The molecule has 0 fully saturated rings. The first kappa shape index (κ1) is 21.0. The molecule has 0 heterocycles. The van der Waals surface area contributed by atoms with Gasteiger partial charge in [-0.05, 0) is 30.7 Å². The van der Waals surface area contributed by atoms with Crippen LogP contribution in [0.25, 0.3) is 0 Å². The zero-order valence-electron chi connectivity index (χ0n) is 14.2. The Balaban J connectivity index is 2.52. The largest absolute Gasteiger partial charge is 0.480 e. The third-order valence-corrected chi connectivity index (χ3v) is 6.48. The molecular formula is C18H27ClO4S. The Kier molecular flexibility index (Phi) is 9.37. The van der Waals surface area contributed by atoms with Gasteiger partial charge in [0.15, 0.2) is 15.1 Å². The van der Waals surface area contributed by atoms with Gasteiger partial charge in [0, 0.05) is 5.02 Å². The maximum Gasteiger partial charge on any atom is 0.322 e. The van der Waals surface area contributed by atoms with Crippen molar-refractivity contribution in [1.82, 2.24) is 0 Å². The first-order valence-electron chi connectivity index (χ1n) is 8.62. The first-order chi connectivity index (χ1) is 11.4. The molecule has 0 aromatic heterocycles. The number of hydrogen-bond donors (Lipinski definition) is 1. The quantitative estimate of drug-likeness (QED) is 0.517. The summed E-state index contributed by atoms with van der Waals surface area (Å²) in [4.78, 5) is 11.4. The number of carboxylic acid groups (broad SMARTS) is 1. The number of rotatable bonds is 12. The summed E-state index contributed by atoms with van der Waals surface area (Å²) in [6.45, 7) is 2.17. The molecule has 0 aliphatic heterocycles. The van der Waals surface area contributed by atoms with Gasteiger partial charge >= 0.3 is 5.97 Å². The number of benzene rings is 1. The molecule has 1 atom stereocenters. The topological polar surface area (TPSA) is 71.4 Å². The Bertz CT molecular complexity index is 596. The van der Waals surface area contributed by atoms with E-state index in [-0.39, 0.29) is 11.3 Å². The van der Waals surface area contributed by atoms with E-state index < -0.39 is 21.1 Å². The van der Waals surface area contributed by atoms with Gasteiger partial charge in [0.25, 0.3) is 0 Å². The van der Waals surface area contributed by atoms with Crippen LogP contribution in [0.15, 0.2) is 29.2 Å². The molecule has 136 valence electrons. The van der Waals surface area contributed by atoms with Crippen molar-refractivity contribution in [3.63, 3.8) is 0 Å². The summed E-state index contributed by atoms with van der Waals surface area (Å²) in [5.41, 5.74) is 0. The average molecular weight is 375 g/mol. The molecule has 0 saturated carbocycles. The van der Waals surface area contributed by atoms with E-state index in [1.807, 2.05) is 0 Å². The van der Waals surface area contributed by atoms with Crippen LogP contribution < -0.4 is 0 Å². The summed E-state index contributed by atoms with van der Waals surface area (Å²) < 4.78 is 25.0. The molecule has 6 heteroatoms. The highest BCUT2D eigenvalue weighted by atomic mass is 35.5. The maximum atomic E-state index is 12.5. The maximum absolute atomic E-state index is 12.5. The van der Waals surface area contributed by atoms with Crippen LogP contribution in [0.4, 0.5) is 0 Å². The van der Waals surface area contributed by atoms with Crippen LogP contribution in [0.2, 0.25) is 5.02 Å². The van der Waals surface area contributed by atoms with Gasteiger partial charge in [-0.2, -0.15) is 0 Å². The molecule has 1 aromatic carbocycles. The number of unbranched alkanes of at least 4 members (excludes halogenated alkanes) is 7. The van der Waals surface area contributed by atoms with E-state index in [0.29, 0.717) is 11.4 Å². The minimum atomic E-state index is -3.88. The van der Waals surface area contributed by atoms with E-state index in [9.17, 15) is 18.3 Å². The van der Waals surface area contributed by atoms with Gasteiger partial charge in [-0.3, -0.25) is 4.79 Å². The average Bonchev–Trinajstić information content (AvgIpc) is 2.53. The van der Waals surface area contributed by atoms with Crippen LogP contribution in [0.1, 0.15) is 64.7 Å². The highest BCUT2D eigenvalue weighted by Crippen LogP contribution is 2.23. The lowest BCUT2D eigenvalue weighted by Gasteiger charge is -2.13. The van der Waals surface area contributed by atoms with Crippen molar-refractivity contribution >= 4 is 27.4 Å². The second-order valence-electron chi connectivity index (χ2n) is 6.09. The summed E-state index contributed by atoms with van der Waals surface area (Å²) in [5, 5.41) is 8.35. The van der Waals surface area contributed by atoms with E-state index in [1.165, 1.54) is 49.9 Å². The van der Waals surface area contributed by atoms with Crippen LogP contribution in [0.5, 0.6) is 0 Å². The van der Waals surface area contributed by atoms with Gasteiger partial charge in [-0.25, -0.2) is 8.42 Å². The second-order valence-corrected chi connectivity index (χ2v) is 8.66. The molecule has 0 aliphatic rings. The van der Waals surface area contributed by atoms with E-state index in [4.69, 9.17) is 11.6 Å². The molecule has 0 spiro atoms. The van der Waals surface area contributed by atoms with E-state index in [0.717, 1.165) is 19.3 Å². The monoisotopic (exact) mass is 374 g/mol. The number of hydrogen-bond acceptors (Lipinski definition) is 3. The lowest BCUT2D eigenvalue weighted by atomic mass is 10.1. The lowest BCUT2D eigenvalue weighted by Crippen LogP contribution is -2.30. The minimum Gasteiger partial charge on any atom is -0.480 e. The molecule has 0 radical (unpaired) electrons. The summed E-state index contributed by atoms with van der Waals surface area (Å²) in [6.07, 6.45) is 8.67. The van der Waals surface area contributed by atoms with Crippen LogP contribution in [-0.2, 0) is 14.6 Å². The number of aliphatic carboxylic acids is 1. The van der Waals surface area contributed by atoms with Crippen LogP contribution in [0.3, 0.4) is 0 Å². The third kappa shape index (κ3) is 6.81. The van der Waals surface area contributed by atoms with Crippen molar-refractivity contribution in [3.8, 4) is 0 Å². The zero-order chi connectivity index (χ0) is 18.0. The number of sulfone groups is 1. The molecule has 1 aromatic rings. The fraction of sp³-hybridized carbons (Fsp3) is 0.611. The Labute approximate surface area is 150 Å². The molecule has 1 rings (SSSR count).